The Morgan fingerprint density at radius 3 is 2.62 bits per heavy atom. The van der Waals surface area contributed by atoms with E-state index < -0.39 is 0 Å². The Bertz CT molecular complexity index is 1040. The smallest absolute Gasteiger partial charge is 0.317 e. The number of anilines is 1. The number of nitrogens with one attached hydrogen (secondary N) is 1. The molecule has 2 aliphatic rings. The van der Waals surface area contributed by atoms with Crippen LogP contribution in [0.4, 0.5) is 10.5 Å². The van der Waals surface area contributed by atoms with E-state index in [0.29, 0.717) is 27.8 Å². The van der Waals surface area contributed by atoms with Gasteiger partial charge in [-0.1, -0.05) is 41.4 Å². The highest BCUT2D eigenvalue weighted by Gasteiger charge is 2.28. The van der Waals surface area contributed by atoms with Gasteiger partial charge in [0.05, 0.1) is 17.7 Å². The van der Waals surface area contributed by atoms with Crippen LogP contribution in [0.25, 0.3) is 5.57 Å². The van der Waals surface area contributed by atoms with Crippen LogP contribution in [-0.4, -0.2) is 48.1 Å². The van der Waals surface area contributed by atoms with Crippen LogP contribution in [0.2, 0.25) is 10.0 Å². The first-order chi connectivity index (χ1) is 15.5. The fourth-order valence-electron chi connectivity index (χ4n) is 4.47. The molecule has 2 aromatic carbocycles. The molecule has 2 amide bonds. The van der Waals surface area contributed by atoms with E-state index in [4.69, 9.17) is 23.2 Å². The van der Waals surface area contributed by atoms with Crippen LogP contribution in [0.3, 0.4) is 0 Å². The molecule has 0 bridgehead atoms. The molecule has 1 N–H and O–H groups in total. The molecule has 1 fully saturated rings. The summed E-state index contributed by atoms with van der Waals surface area (Å²) in [6, 6.07) is 14.7. The minimum Gasteiger partial charge on any atom is -0.317 e. The Labute approximate surface area is 199 Å². The zero-order valence-electron chi connectivity index (χ0n) is 17.9. The van der Waals surface area contributed by atoms with Gasteiger partial charge in [-0.25, -0.2) is 4.79 Å². The van der Waals surface area contributed by atoms with Gasteiger partial charge >= 0.3 is 6.03 Å². The Morgan fingerprint density at radius 1 is 1.16 bits per heavy atom. The molecule has 1 aliphatic heterocycles. The minimum absolute atomic E-state index is 0.00648. The van der Waals surface area contributed by atoms with Crippen molar-refractivity contribution in [1.82, 2.24) is 9.80 Å². The van der Waals surface area contributed by atoms with E-state index >= 15 is 0 Å². The molecule has 4 rings (SSSR count). The molecular weight excluding hydrogens is 443 g/mol. The number of likely N-dealkylation sites (tertiary alicyclic amines) is 1. The third-order valence-electron chi connectivity index (χ3n) is 6.10. The summed E-state index contributed by atoms with van der Waals surface area (Å²) in [7, 11) is 0. The number of amides is 2. The van der Waals surface area contributed by atoms with Gasteiger partial charge in [0.2, 0.25) is 0 Å². The molecule has 166 valence electrons. The molecule has 0 aromatic heterocycles. The average molecular weight is 469 g/mol. The number of halogens is 2. The summed E-state index contributed by atoms with van der Waals surface area (Å²) in [4.78, 5) is 17.6. The summed E-state index contributed by atoms with van der Waals surface area (Å²) in [5, 5.41) is 13.2. The van der Waals surface area contributed by atoms with Crippen molar-refractivity contribution >= 4 is 40.5 Å². The van der Waals surface area contributed by atoms with Crippen molar-refractivity contribution in [2.45, 2.75) is 31.7 Å². The van der Waals surface area contributed by atoms with Gasteiger partial charge in [-0.3, -0.25) is 0 Å². The normalized spacial score (nSPS) is 18.3. The molecule has 0 unspecified atom stereocenters. The van der Waals surface area contributed by atoms with Crippen LogP contribution in [-0.2, 0) is 0 Å². The van der Waals surface area contributed by atoms with Gasteiger partial charge in [0, 0.05) is 28.8 Å². The van der Waals surface area contributed by atoms with E-state index in [9.17, 15) is 10.1 Å². The van der Waals surface area contributed by atoms with Crippen LogP contribution in [0.5, 0.6) is 0 Å². The molecule has 0 radical (unpaired) electrons. The molecular formula is C25H26Cl2N4O. The van der Waals surface area contributed by atoms with E-state index in [0.717, 1.165) is 38.0 Å². The van der Waals surface area contributed by atoms with Gasteiger partial charge in [0.1, 0.15) is 0 Å². The summed E-state index contributed by atoms with van der Waals surface area (Å²) in [5.41, 5.74) is 3.46. The highest BCUT2D eigenvalue weighted by Crippen LogP contribution is 2.32. The van der Waals surface area contributed by atoms with Gasteiger partial charge in [0.25, 0.3) is 0 Å². The lowest BCUT2D eigenvalue weighted by atomic mass is 10.0. The SMILES string of the molecule is N#Cc1cccc(C2=C[C@H](N(CCN3CCCC3)C(=O)Nc3cc(Cl)cc(Cl)c3)CC2)c1. The van der Waals surface area contributed by atoms with Crippen LogP contribution in [0, 0.1) is 11.3 Å². The number of allylic oxidation sites excluding steroid dienone is 1. The fourth-order valence-corrected chi connectivity index (χ4v) is 5.00. The Balaban J connectivity index is 1.53. The molecule has 1 saturated heterocycles. The number of rotatable bonds is 6. The van der Waals surface area contributed by atoms with E-state index in [1.54, 1.807) is 18.2 Å². The van der Waals surface area contributed by atoms with Crippen molar-refractivity contribution in [3.8, 4) is 6.07 Å². The maximum absolute atomic E-state index is 13.3. The predicted molar refractivity (Wildman–Crippen MR) is 130 cm³/mol. The van der Waals surface area contributed by atoms with Gasteiger partial charge in [-0.2, -0.15) is 5.26 Å². The summed E-state index contributed by atoms with van der Waals surface area (Å²) < 4.78 is 0. The second-order valence-electron chi connectivity index (χ2n) is 8.32. The summed E-state index contributed by atoms with van der Waals surface area (Å²) in [6.07, 6.45) is 6.34. The Kier molecular flexibility index (Phi) is 7.36. The van der Waals surface area contributed by atoms with Gasteiger partial charge in [0.15, 0.2) is 0 Å². The average Bonchev–Trinajstić information content (AvgIpc) is 3.46. The second-order valence-corrected chi connectivity index (χ2v) is 9.19. The highest BCUT2D eigenvalue weighted by molar-refractivity contribution is 6.35. The predicted octanol–water partition coefficient (Wildman–Crippen LogP) is 6.04. The maximum Gasteiger partial charge on any atom is 0.322 e. The first-order valence-corrected chi connectivity index (χ1v) is 11.7. The molecule has 0 saturated carbocycles. The molecule has 1 atom stereocenters. The van der Waals surface area contributed by atoms with Crippen molar-refractivity contribution in [2.24, 2.45) is 0 Å². The third kappa shape index (κ3) is 5.63. The lowest BCUT2D eigenvalue weighted by Crippen LogP contribution is -2.45. The molecule has 32 heavy (non-hydrogen) atoms. The first kappa shape index (κ1) is 22.7. The van der Waals surface area contributed by atoms with E-state index in [2.05, 4.69) is 22.4 Å². The van der Waals surface area contributed by atoms with Crippen LogP contribution in [0.15, 0.2) is 48.5 Å². The number of hydrogen-bond acceptors (Lipinski definition) is 3. The number of urea groups is 1. The topological polar surface area (TPSA) is 59.4 Å². The van der Waals surface area contributed by atoms with Gasteiger partial charge < -0.3 is 15.1 Å². The molecule has 5 nitrogen and oxygen atoms in total. The van der Waals surface area contributed by atoms with Crippen molar-refractivity contribution in [3.05, 3.63) is 69.7 Å². The van der Waals surface area contributed by atoms with Gasteiger partial charge in [-0.05, 0) is 80.2 Å². The summed E-state index contributed by atoms with van der Waals surface area (Å²) in [5.74, 6) is 0. The second kappa shape index (κ2) is 10.4. The lowest BCUT2D eigenvalue weighted by molar-refractivity contribution is 0.186. The van der Waals surface area contributed by atoms with Crippen molar-refractivity contribution in [2.75, 3.05) is 31.5 Å². The monoisotopic (exact) mass is 468 g/mol. The third-order valence-corrected chi connectivity index (χ3v) is 6.53. The minimum atomic E-state index is -0.157. The summed E-state index contributed by atoms with van der Waals surface area (Å²) >= 11 is 12.2. The molecule has 1 heterocycles. The Morgan fingerprint density at radius 2 is 1.91 bits per heavy atom. The number of carbonyl (C=O) groups excluding carboxylic acids is 1. The standard InChI is InChI=1S/C25H26Cl2N4O/c26-21-14-22(27)16-23(15-21)29-25(32)31(11-10-30-8-1-2-9-30)24-7-6-20(13-24)19-5-3-4-18(12-19)17-28/h3-5,12-16,24H,1-2,6-11H2,(H,29,32)/t24-/m1/s1. The maximum atomic E-state index is 13.3. The van der Waals surface area contributed by atoms with Gasteiger partial charge in [-0.15, -0.1) is 0 Å². The van der Waals surface area contributed by atoms with Crippen molar-refractivity contribution in [1.29, 1.82) is 5.26 Å². The molecule has 1 aliphatic carbocycles. The summed E-state index contributed by atoms with van der Waals surface area (Å²) in [6.45, 7) is 3.68. The zero-order valence-corrected chi connectivity index (χ0v) is 19.4. The number of nitrogens with zero attached hydrogens (tertiary/aromatic N) is 3. The van der Waals surface area contributed by atoms with E-state index in [1.807, 2.05) is 29.2 Å². The van der Waals surface area contributed by atoms with E-state index in [-0.39, 0.29) is 12.1 Å². The number of benzene rings is 2. The highest BCUT2D eigenvalue weighted by atomic mass is 35.5. The number of hydrogen-bond donors (Lipinski definition) is 1. The number of carbonyl (C=O) groups is 1. The van der Waals surface area contributed by atoms with Crippen molar-refractivity contribution in [3.63, 3.8) is 0 Å². The zero-order chi connectivity index (χ0) is 22.5. The molecule has 2 aromatic rings. The van der Waals surface area contributed by atoms with Crippen LogP contribution < -0.4 is 5.32 Å². The quantitative estimate of drug-likeness (QED) is 0.561. The Hall–Kier alpha value is -2.52. The van der Waals surface area contributed by atoms with E-state index in [1.165, 1.54) is 18.4 Å². The van der Waals surface area contributed by atoms with Crippen molar-refractivity contribution < 1.29 is 4.79 Å². The van der Waals surface area contributed by atoms with Crippen LogP contribution in [0.1, 0.15) is 36.8 Å². The first-order valence-electron chi connectivity index (χ1n) is 11.0. The molecule has 7 heteroatoms. The largest absolute Gasteiger partial charge is 0.322 e. The molecule has 0 spiro atoms. The fraction of sp³-hybridized carbons (Fsp3) is 0.360. The van der Waals surface area contributed by atoms with Crippen LogP contribution >= 0.6 is 23.2 Å². The lowest BCUT2D eigenvalue weighted by Gasteiger charge is -2.30. The number of nitriles is 1.